The topological polar surface area (TPSA) is 83.7 Å². The number of hydrogen-bond acceptors (Lipinski definition) is 3. The molecule has 142 valence electrons. The standard InChI is InChI=1S/C15H12ClN3O.C2HF3O2/c16-12-6-2-1-5-11(12)9-17-15(20)14-13-7-3-4-8-19(13)10-18-14;3-2(4,5)1(6)7/h1-8,10H,9H2,(H,17,20);(H,6,7). The van der Waals surface area contributed by atoms with Crippen molar-refractivity contribution >= 4 is 29.0 Å². The zero-order chi connectivity index (χ0) is 20.0. The second-order valence-electron chi connectivity index (χ2n) is 5.16. The van der Waals surface area contributed by atoms with Crippen LogP contribution in [0.5, 0.6) is 0 Å². The van der Waals surface area contributed by atoms with Gasteiger partial charge in [-0.1, -0.05) is 35.9 Å². The number of pyridine rings is 1. The summed E-state index contributed by atoms with van der Waals surface area (Å²) in [4.78, 5) is 25.2. The molecule has 3 rings (SSSR count). The van der Waals surface area contributed by atoms with Crippen molar-refractivity contribution in [3.05, 3.63) is 71.3 Å². The van der Waals surface area contributed by atoms with Gasteiger partial charge in [-0.3, -0.25) is 4.79 Å². The van der Waals surface area contributed by atoms with Crippen molar-refractivity contribution in [1.29, 1.82) is 0 Å². The van der Waals surface area contributed by atoms with Crippen LogP contribution in [0.1, 0.15) is 16.1 Å². The lowest BCUT2D eigenvalue weighted by Crippen LogP contribution is -2.23. The van der Waals surface area contributed by atoms with E-state index in [1.807, 2.05) is 47.0 Å². The number of hydrogen-bond donors (Lipinski definition) is 2. The Morgan fingerprint density at radius 1 is 1.15 bits per heavy atom. The van der Waals surface area contributed by atoms with Crippen LogP contribution >= 0.6 is 11.6 Å². The lowest BCUT2D eigenvalue weighted by molar-refractivity contribution is -0.192. The van der Waals surface area contributed by atoms with E-state index < -0.39 is 12.1 Å². The van der Waals surface area contributed by atoms with E-state index in [0.29, 0.717) is 17.3 Å². The normalized spacial score (nSPS) is 10.8. The molecule has 0 aliphatic carbocycles. The van der Waals surface area contributed by atoms with E-state index in [0.717, 1.165) is 11.1 Å². The molecular formula is C17H13ClF3N3O3. The highest BCUT2D eigenvalue weighted by atomic mass is 35.5. The summed E-state index contributed by atoms with van der Waals surface area (Å²) in [5.74, 6) is -2.97. The van der Waals surface area contributed by atoms with Crippen molar-refractivity contribution in [2.24, 2.45) is 0 Å². The lowest BCUT2D eigenvalue weighted by Gasteiger charge is -2.05. The Morgan fingerprint density at radius 3 is 2.41 bits per heavy atom. The van der Waals surface area contributed by atoms with Crippen molar-refractivity contribution in [2.75, 3.05) is 0 Å². The number of alkyl halides is 3. The van der Waals surface area contributed by atoms with E-state index in [9.17, 15) is 18.0 Å². The Hall–Kier alpha value is -3.07. The van der Waals surface area contributed by atoms with Crippen LogP contribution in [0, 0.1) is 0 Å². The number of nitrogens with zero attached hydrogens (tertiary/aromatic N) is 2. The predicted molar refractivity (Wildman–Crippen MR) is 91.5 cm³/mol. The second kappa shape index (κ2) is 8.54. The fraction of sp³-hybridized carbons (Fsp3) is 0.118. The molecule has 27 heavy (non-hydrogen) atoms. The first-order valence-electron chi connectivity index (χ1n) is 7.43. The van der Waals surface area contributed by atoms with Gasteiger partial charge >= 0.3 is 12.1 Å². The smallest absolute Gasteiger partial charge is 0.475 e. The molecule has 0 aliphatic rings. The number of aliphatic carboxylic acids is 1. The number of carboxylic acid groups (broad SMARTS) is 1. The maximum atomic E-state index is 12.2. The van der Waals surface area contributed by atoms with Gasteiger partial charge in [0.05, 0.1) is 5.52 Å². The highest BCUT2D eigenvalue weighted by Crippen LogP contribution is 2.15. The van der Waals surface area contributed by atoms with Gasteiger partial charge in [0.25, 0.3) is 5.91 Å². The summed E-state index contributed by atoms with van der Waals surface area (Å²) in [5.41, 5.74) is 2.08. The summed E-state index contributed by atoms with van der Waals surface area (Å²) in [6.45, 7) is 0.379. The molecule has 0 atom stereocenters. The molecular weight excluding hydrogens is 387 g/mol. The Balaban J connectivity index is 0.000000321. The number of halogens is 4. The molecule has 1 aromatic carbocycles. The van der Waals surface area contributed by atoms with Crippen molar-refractivity contribution in [1.82, 2.24) is 14.7 Å². The Bertz CT molecular complexity index is 957. The van der Waals surface area contributed by atoms with Crippen LogP contribution in [0.15, 0.2) is 55.0 Å². The molecule has 1 amide bonds. The van der Waals surface area contributed by atoms with Gasteiger partial charge in [-0.05, 0) is 23.8 Å². The summed E-state index contributed by atoms with van der Waals surface area (Å²) in [5, 5.41) is 10.6. The van der Waals surface area contributed by atoms with Crippen molar-refractivity contribution in [2.45, 2.75) is 12.7 Å². The SMILES string of the molecule is O=C(NCc1ccccc1Cl)c1ncn2ccccc12.O=C(O)C(F)(F)F. The van der Waals surface area contributed by atoms with Crippen LogP contribution in [0.25, 0.3) is 5.52 Å². The molecule has 6 nitrogen and oxygen atoms in total. The zero-order valence-corrected chi connectivity index (χ0v) is 14.3. The van der Waals surface area contributed by atoms with Crippen LogP contribution in [0.4, 0.5) is 13.2 Å². The fourth-order valence-corrected chi connectivity index (χ4v) is 2.22. The van der Waals surface area contributed by atoms with Crippen molar-refractivity contribution in [3.63, 3.8) is 0 Å². The first kappa shape index (κ1) is 20.2. The van der Waals surface area contributed by atoms with E-state index in [1.165, 1.54) is 0 Å². The van der Waals surface area contributed by atoms with Crippen molar-refractivity contribution in [3.8, 4) is 0 Å². The summed E-state index contributed by atoms with van der Waals surface area (Å²) in [7, 11) is 0. The number of carbonyl (C=O) groups is 2. The number of rotatable bonds is 3. The van der Waals surface area contributed by atoms with Crippen LogP contribution in [-0.2, 0) is 11.3 Å². The summed E-state index contributed by atoms with van der Waals surface area (Å²) in [6.07, 6.45) is -1.60. The summed E-state index contributed by atoms with van der Waals surface area (Å²) in [6, 6.07) is 13.1. The minimum atomic E-state index is -5.08. The van der Waals surface area contributed by atoms with Gasteiger partial charge in [0, 0.05) is 17.8 Å². The maximum Gasteiger partial charge on any atom is 0.490 e. The van der Waals surface area contributed by atoms with Crippen LogP contribution in [0.2, 0.25) is 5.02 Å². The molecule has 2 aromatic heterocycles. The van der Waals surface area contributed by atoms with E-state index in [2.05, 4.69) is 10.3 Å². The molecule has 0 aliphatic heterocycles. The predicted octanol–water partition coefficient (Wildman–Crippen LogP) is 3.55. The van der Waals surface area contributed by atoms with Gasteiger partial charge in [0.2, 0.25) is 0 Å². The third-order valence-corrected chi connectivity index (χ3v) is 3.67. The summed E-state index contributed by atoms with van der Waals surface area (Å²) >= 11 is 6.06. The van der Waals surface area contributed by atoms with Gasteiger partial charge in [-0.25, -0.2) is 9.78 Å². The minimum absolute atomic E-state index is 0.210. The van der Waals surface area contributed by atoms with E-state index in [1.54, 1.807) is 12.4 Å². The molecule has 0 bridgehead atoms. The van der Waals surface area contributed by atoms with Gasteiger partial charge in [0.15, 0.2) is 5.69 Å². The molecule has 0 radical (unpaired) electrons. The van der Waals surface area contributed by atoms with Crippen molar-refractivity contribution < 1.29 is 27.9 Å². The number of carbonyl (C=O) groups excluding carboxylic acids is 1. The number of nitrogens with one attached hydrogen (secondary N) is 1. The van der Waals surface area contributed by atoms with Crippen LogP contribution in [-0.4, -0.2) is 32.5 Å². The highest BCUT2D eigenvalue weighted by molar-refractivity contribution is 6.31. The van der Waals surface area contributed by atoms with Gasteiger partial charge < -0.3 is 14.8 Å². The number of carboxylic acids is 1. The third kappa shape index (κ3) is 5.45. The first-order valence-corrected chi connectivity index (χ1v) is 7.81. The first-order chi connectivity index (χ1) is 12.7. The largest absolute Gasteiger partial charge is 0.490 e. The molecule has 10 heteroatoms. The van der Waals surface area contributed by atoms with E-state index >= 15 is 0 Å². The van der Waals surface area contributed by atoms with Gasteiger partial charge in [-0.15, -0.1) is 0 Å². The van der Waals surface area contributed by atoms with Crippen LogP contribution < -0.4 is 5.32 Å². The summed E-state index contributed by atoms with van der Waals surface area (Å²) < 4.78 is 33.5. The molecule has 0 saturated heterocycles. The van der Waals surface area contributed by atoms with Gasteiger partial charge in [0.1, 0.15) is 6.33 Å². The lowest BCUT2D eigenvalue weighted by atomic mass is 10.2. The average molecular weight is 400 g/mol. The Kier molecular flexibility index (Phi) is 6.40. The molecule has 0 spiro atoms. The Morgan fingerprint density at radius 2 is 1.78 bits per heavy atom. The number of imidazole rings is 1. The number of aromatic nitrogens is 2. The molecule has 2 N–H and O–H groups in total. The Labute approximate surface area is 156 Å². The maximum absolute atomic E-state index is 12.2. The van der Waals surface area contributed by atoms with Crippen LogP contribution in [0.3, 0.4) is 0 Å². The van der Waals surface area contributed by atoms with Gasteiger partial charge in [-0.2, -0.15) is 13.2 Å². The number of fused-ring (bicyclic) bond motifs is 1. The number of benzene rings is 1. The highest BCUT2D eigenvalue weighted by Gasteiger charge is 2.38. The molecule has 0 fully saturated rings. The molecule has 2 heterocycles. The average Bonchev–Trinajstić information content (AvgIpc) is 3.05. The minimum Gasteiger partial charge on any atom is -0.475 e. The molecule has 3 aromatic rings. The third-order valence-electron chi connectivity index (χ3n) is 3.30. The second-order valence-corrected chi connectivity index (χ2v) is 5.57. The molecule has 0 unspecified atom stereocenters. The molecule has 0 saturated carbocycles. The monoisotopic (exact) mass is 399 g/mol. The quantitative estimate of drug-likeness (QED) is 0.705. The van der Waals surface area contributed by atoms with E-state index in [-0.39, 0.29) is 5.91 Å². The number of amides is 1. The van der Waals surface area contributed by atoms with E-state index in [4.69, 9.17) is 21.5 Å². The fourth-order valence-electron chi connectivity index (χ4n) is 2.02. The zero-order valence-electron chi connectivity index (χ0n) is 13.6.